The van der Waals surface area contributed by atoms with Crippen LogP contribution in [0.3, 0.4) is 0 Å². The fraction of sp³-hybridized carbons (Fsp3) is 0. The summed E-state index contributed by atoms with van der Waals surface area (Å²) < 4.78 is 12.6. The van der Waals surface area contributed by atoms with Crippen molar-refractivity contribution in [1.29, 1.82) is 0 Å². The molecule has 252 valence electrons. The summed E-state index contributed by atoms with van der Waals surface area (Å²) in [4.78, 5) is 20.1. The van der Waals surface area contributed by atoms with E-state index in [0.717, 1.165) is 66.4 Å². The third kappa shape index (κ3) is 5.04. The molecule has 0 aliphatic rings. The summed E-state index contributed by atoms with van der Waals surface area (Å²) in [7, 11) is 0. The number of hydrogen-bond acceptors (Lipinski definition) is 6. The largest absolute Gasteiger partial charge is 0.456 e. The normalized spacial score (nSPS) is 11.7. The van der Waals surface area contributed by atoms with Crippen LogP contribution in [0.1, 0.15) is 0 Å². The molecule has 0 N–H and O–H groups in total. The van der Waals surface area contributed by atoms with Gasteiger partial charge < -0.3 is 8.83 Å². The number of oxazole rings is 1. The molecule has 0 saturated carbocycles. The fourth-order valence-corrected chi connectivity index (χ4v) is 7.48. The van der Waals surface area contributed by atoms with Gasteiger partial charge in [-0.15, -0.1) is 0 Å². The molecule has 0 aliphatic heterocycles. The smallest absolute Gasteiger partial charge is 0.227 e. The molecular formula is C48H28N4O2. The second-order valence-electron chi connectivity index (χ2n) is 13.5. The molecule has 11 aromatic rings. The molecule has 0 fully saturated rings. The first kappa shape index (κ1) is 30.2. The van der Waals surface area contributed by atoms with Gasteiger partial charge in [0, 0.05) is 38.6 Å². The molecule has 0 aliphatic carbocycles. The van der Waals surface area contributed by atoms with Gasteiger partial charge in [0.2, 0.25) is 5.89 Å². The monoisotopic (exact) mass is 692 g/mol. The Kier molecular flexibility index (Phi) is 6.75. The Morgan fingerprint density at radius 2 is 0.926 bits per heavy atom. The number of benzene rings is 8. The average Bonchev–Trinajstić information content (AvgIpc) is 3.85. The van der Waals surface area contributed by atoms with Gasteiger partial charge >= 0.3 is 0 Å². The van der Waals surface area contributed by atoms with E-state index < -0.39 is 0 Å². The third-order valence-electron chi connectivity index (χ3n) is 10.1. The quantitative estimate of drug-likeness (QED) is 0.167. The Bertz CT molecular complexity index is 3240. The fourth-order valence-electron chi connectivity index (χ4n) is 7.48. The maximum atomic E-state index is 6.42. The standard InChI is InChI=1S/C48H28N4O2/c1-2-11-31(12-3-1)45-50-46(52-47(51-45)34-24-25-39-38-16-6-7-18-41(38)53-43(39)28-34)33-14-8-13-32(26-33)37-17-9-19-42-44(37)49-48(54-42)35-23-22-30-21-20-29-10-4-5-15-36(29)40(30)27-35/h1-28H. The van der Waals surface area contributed by atoms with E-state index in [1.54, 1.807) is 0 Å². The van der Waals surface area contributed by atoms with Gasteiger partial charge in [-0.2, -0.15) is 0 Å². The minimum absolute atomic E-state index is 0.568. The summed E-state index contributed by atoms with van der Waals surface area (Å²) in [6, 6.07) is 57.7. The maximum absolute atomic E-state index is 6.42. The minimum atomic E-state index is 0.568. The first-order valence-corrected chi connectivity index (χ1v) is 17.9. The second kappa shape index (κ2) is 12.1. The highest BCUT2D eigenvalue weighted by molar-refractivity contribution is 6.09. The molecule has 0 radical (unpaired) electrons. The number of fused-ring (bicyclic) bond motifs is 7. The molecule has 54 heavy (non-hydrogen) atoms. The van der Waals surface area contributed by atoms with Gasteiger partial charge in [0.15, 0.2) is 23.1 Å². The van der Waals surface area contributed by atoms with Crippen LogP contribution >= 0.6 is 0 Å². The van der Waals surface area contributed by atoms with Crippen molar-refractivity contribution in [2.24, 2.45) is 0 Å². The molecule has 0 amide bonds. The number of hydrogen-bond donors (Lipinski definition) is 0. The summed E-state index contributed by atoms with van der Waals surface area (Å²) >= 11 is 0. The molecule has 8 aromatic carbocycles. The van der Waals surface area contributed by atoms with Crippen LogP contribution < -0.4 is 0 Å². The van der Waals surface area contributed by atoms with Crippen LogP contribution in [0.2, 0.25) is 0 Å². The van der Waals surface area contributed by atoms with E-state index in [2.05, 4.69) is 91.0 Å². The molecule has 3 heterocycles. The average molecular weight is 693 g/mol. The Morgan fingerprint density at radius 1 is 0.315 bits per heavy atom. The number of furan rings is 1. The lowest BCUT2D eigenvalue weighted by Gasteiger charge is -2.10. The lowest BCUT2D eigenvalue weighted by atomic mass is 10.00. The molecule has 6 nitrogen and oxygen atoms in total. The molecule has 0 unspecified atom stereocenters. The number of rotatable bonds is 5. The Morgan fingerprint density at radius 3 is 1.80 bits per heavy atom. The zero-order chi connectivity index (χ0) is 35.6. The summed E-state index contributed by atoms with van der Waals surface area (Å²) in [5.74, 6) is 2.32. The SMILES string of the molecule is c1ccc(-c2nc(-c3cccc(-c4cccc5oc(-c6ccc7ccc8ccccc8c7c6)nc45)c3)nc(-c3ccc4c(c3)oc3ccccc34)n2)cc1. The van der Waals surface area contributed by atoms with E-state index in [1.165, 1.54) is 21.5 Å². The van der Waals surface area contributed by atoms with Crippen molar-refractivity contribution in [2.75, 3.05) is 0 Å². The van der Waals surface area contributed by atoms with Gasteiger partial charge in [-0.05, 0) is 69.6 Å². The predicted molar refractivity (Wildman–Crippen MR) is 217 cm³/mol. The molecule has 0 spiro atoms. The zero-order valence-corrected chi connectivity index (χ0v) is 28.8. The van der Waals surface area contributed by atoms with Crippen LogP contribution in [0, 0.1) is 0 Å². The zero-order valence-electron chi connectivity index (χ0n) is 28.8. The molecule has 3 aromatic heterocycles. The highest BCUT2D eigenvalue weighted by atomic mass is 16.3. The molecule has 0 saturated heterocycles. The minimum Gasteiger partial charge on any atom is -0.456 e. The molecule has 0 atom stereocenters. The van der Waals surface area contributed by atoms with E-state index in [9.17, 15) is 0 Å². The van der Waals surface area contributed by atoms with Gasteiger partial charge in [0.1, 0.15) is 16.7 Å². The third-order valence-corrected chi connectivity index (χ3v) is 10.1. The number of para-hydroxylation sites is 2. The van der Waals surface area contributed by atoms with E-state index in [-0.39, 0.29) is 0 Å². The lowest BCUT2D eigenvalue weighted by molar-refractivity contribution is 0.620. The van der Waals surface area contributed by atoms with Crippen LogP contribution in [0.4, 0.5) is 0 Å². The Labute approximate surface area is 309 Å². The van der Waals surface area contributed by atoms with Gasteiger partial charge in [0.25, 0.3) is 0 Å². The van der Waals surface area contributed by atoms with Crippen molar-refractivity contribution < 1.29 is 8.83 Å². The van der Waals surface area contributed by atoms with Gasteiger partial charge in [-0.25, -0.2) is 19.9 Å². The summed E-state index contributed by atoms with van der Waals surface area (Å²) in [6.07, 6.45) is 0. The highest BCUT2D eigenvalue weighted by Gasteiger charge is 2.17. The Balaban J connectivity index is 1.02. The van der Waals surface area contributed by atoms with Gasteiger partial charge in [0.05, 0.1) is 0 Å². The second-order valence-corrected chi connectivity index (χ2v) is 13.5. The van der Waals surface area contributed by atoms with Crippen molar-refractivity contribution >= 4 is 54.6 Å². The summed E-state index contributed by atoms with van der Waals surface area (Å²) in [5.41, 5.74) is 8.65. The van der Waals surface area contributed by atoms with Crippen molar-refractivity contribution in [3.05, 3.63) is 170 Å². The van der Waals surface area contributed by atoms with Crippen LogP contribution in [-0.4, -0.2) is 19.9 Å². The molecule has 11 rings (SSSR count). The first-order valence-electron chi connectivity index (χ1n) is 17.9. The highest BCUT2D eigenvalue weighted by Crippen LogP contribution is 2.37. The van der Waals surface area contributed by atoms with Crippen LogP contribution in [0.15, 0.2) is 179 Å². The molecule has 0 bridgehead atoms. The lowest BCUT2D eigenvalue weighted by Crippen LogP contribution is -2.00. The molecular weight excluding hydrogens is 665 g/mol. The van der Waals surface area contributed by atoms with Crippen LogP contribution in [0.25, 0.3) is 111 Å². The van der Waals surface area contributed by atoms with E-state index >= 15 is 0 Å². The van der Waals surface area contributed by atoms with E-state index in [0.29, 0.717) is 23.4 Å². The molecule has 6 heteroatoms. The van der Waals surface area contributed by atoms with Crippen molar-refractivity contribution in [3.8, 4) is 56.7 Å². The topological polar surface area (TPSA) is 77.8 Å². The van der Waals surface area contributed by atoms with E-state index in [4.69, 9.17) is 28.8 Å². The van der Waals surface area contributed by atoms with Gasteiger partial charge in [-0.3, -0.25) is 0 Å². The summed E-state index contributed by atoms with van der Waals surface area (Å²) in [6.45, 7) is 0. The van der Waals surface area contributed by atoms with E-state index in [1.807, 2.05) is 78.9 Å². The predicted octanol–water partition coefficient (Wildman–Crippen LogP) is 12.6. The van der Waals surface area contributed by atoms with Crippen molar-refractivity contribution in [2.45, 2.75) is 0 Å². The number of aromatic nitrogens is 4. The van der Waals surface area contributed by atoms with Crippen LogP contribution in [0.5, 0.6) is 0 Å². The van der Waals surface area contributed by atoms with Crippen molar-refractivity contribution in [1.82, 2.24) is 19.9 Å². The first-order chi connectivity index (χ1) is 26.7. The van der Waals surface area contributed by atoms with Gasteiger partial charge in [-0.1, -0.05) is 127 Å². The van der Waals surface area contributed by atoms with Crippen molar-refractivity contribution in [3.63, 3.8) is 0 Å². The summed E-state index contributed by atoms with van der Waals surface area (Å²) in [5, 5.41) is 6.90. The van der Waals surface area contributed by atoms with Crippen LogP contribution in [-0.2, 0) is 0 Å². The number of nitrogens with zero attached hydrogens (tertiary/aromatic N) is 4. The maximum Gasteiger partial charge on any atom is 0.227 e. The Hall–Kier alpha value is -7.44.